The molecular weight excluding hydrogens is 460 g/mol. The van der Waals surface area contributed by atoms with Gasteiger partial charge in [0, 0.05) is 30.2 Å². The van der Waals surface area contributed by atoms with Crippen LogP contribution in [0.2, 0.25) is 0 Å². The van der Waals surface area contributed by atoms with Crippen LogP contribution < -0.4 is 10.1 Å². The minimum absolute atomic E-state index is 0.0289. The number of rotatable bonds is 8. The van der Waals surface area contributed by atoms with Crippen molar-refractivity contribution in [3.63, 3.8) is 0 Å². The maximum atomic E-state index is 12.8. The normalized spacial score (nSPS) is 21.0. The number of nitrogens with zero attached hydrogens (tertiary/aromatic N) is 4. The van der Waals surface area contributed by atoms with E-state index in [4.69, 9.17) is 4.74 Å². The summed E-state index contributed by atoms with van der Waals surface area (Å²) in [5.41, 5.74) is 2.46. The van der Waals surface area contributed by atoms with Gasteiger partial charge in [-0.15, -0.1) is 0 Å². The van der Waals surface area contributed by atoms with Gasteiger partial charge in [0.2, 0.25) is 0 Å². The summed E-state index contributed by atoms with van der Waals surface area (Å²) in [4.78, 5) is 20.8. The van der Waals surface area contributed by atoms with Crippen molar-refractivity contribution in [2.24, 2.45) is 5.92 Å². The Morgan fingerprint density at radius 1 is 1.26 bits per heavy atom. The van der Waals surface area contributed by atoms with Gasteiger partial charge in [-0.05, 0) is 69.2 Å². The Morgan fingerprint density at radius 2 is 2.12 bits per heavy atom. The number of nitrogens with one attached hydrogen (secondary N) is 1. The average molecular weight is 490 g/mol. The van der Waals surface area contributed by atoms with E-state index in [1.54, 1.807) is 10.7 Å². The molecule has 0 aromatic carbocycles. The van der Waals surface area contributed by atoms with Crippen LogP contribution in [0.3, 0.4) is 0 Å². The molecule has 4 heterocycles. The number of aromatic nitrogens is 3. The standard InChI is InChI=1S/C24H29F2N5O2S/c25-22(26)15-33-24-29-19-14-30(13-9-21(19)34-24)12-8-16-3-5-17(6-4-16)28-23(32)18-2-1-11-31-20(18)7-10-27-31/h1-2,7,10-11,16-17,22H,3-6,8-9,12-15H2,(H,28,32). The lowest BCUT2D eigenvalue weighted by Crippen LogP contribution is -2.38. The Labute approximate surface area is 201 Å². The second-order valence-electron chi connectivity index (χ2n) is 9.14. The van der Waals surface area contributed by atoms with Crippen LogP contribution in [0, 0.1) is 5.92 Å². The SMILES string of the molecule is O=C(NC1CCC(CCN2CCc3sc(OCC(F)F)nc3C2)CC1)c1cccn2nccc12. The van der Waals surface area contributed by atoms with Crippen molar-refractivity contribution in [2.75, 3.05) is 19.7 Å². The molecule has 1 fully saturated rings. The molecule has 1 aliphatic heterocycles. The molecule has 10 heteroatoms. The number of halogens is 2. The third kappa shape index (κ3) is 5.38. The van der Waals surface area contributed by atoms with Crippen molar-refractivity contribution < 1.29 is 18.3 Å². The smallest absolute Gasteiger partial charge is 0.273 e. The van der Waals surface area contributed by atoms with Gasteiger partial charge < -0.3 is 10.1 Å². The third-order valence-corrected chi connectivity index (χ3v) is 7.91. The Kier molecular flexibility index (Phi) is 7.05. The number of pyridine rings is 1. The number of hydrogen-bond donors (Lipinski definition) is 1. The van der Waals surface area contributed by atoms with E-state index in [1.165, 1.54) is 11.3 Å². The van der Waals surface area contributed by atoms with Crippen LogP contribution in [0.15, 0.2) is 30.6 Å². The molecular formula is C24H29F2N5O2S. The van der Waals surface area contributed by atoms with E-state index in [2.05, 4.69) is 20.3 Å². The Morgan fingerprint density at radius 3 is 2.94 bits per heavy atom. The van der Waals surface area contributed by atoms with Gasteiger partial charge in [-0.25, -0.2) is 18.3 Å². The van der Waals surface area contributed by atoms with Gasteiger partial charge in [0.05, 0.1) is 23.0 Å². The lowest BCUT2D eigenvalue weighted by Gasteiger charge is -2.32. The van der Waals surface area contributed by atoms with Gasteiger partial charge in [-0.2, -0.15) is 5.10 Å². The molecule has 0 spiro atoms. The molecule has 34 heavy (non-hydrogen) atoms. The minimum atomic E-state index is -2.48. The van der Waals surface area contributed by atoms with Crippen LogP contribution in [-0.2, 0) is 13.0 Å². The fraction of sp³-hybridized carbons (Fsp3) is 0.542. The summed E-state index contributed by atoms with van der Waals surface area (Å²) < 4.78 is 31.6. The van der Waals surface area contributed by atoms with Crippen LogP contribution in [0.1, 0.15) is 53.0 Å². The predicted octanol–water partition coefficient (Wildman–Crippen LogP) is 4.17. The molecule has 1 saturated carbocycles. The number of amides is 1. The molecule has 0 saturated heterocycles. The Bertz CT molecular complexity index is 1130. The molecule has 0 radical (unpaired) electrons. The molecule has 2 aliphatic rings. The summed E-state index contributed by atoms with van der Waals surface area (Å²) in [7, 11) is 0. The molecule has 5 rings (SSSR count). The summed E-state index contributed by atoms with van der Waals surface area (Å²) in [6.07, 6.45) is 7.32. The number of ether oxygens (including phenoxy) is 1. The second kappa shape index (κ2) is 10.4. The minimum Gasteiger partial charge on any atom is -0.464 e. The first-order valence-corrected chi connectivity index (χ1v) is 12.7. The molecule has 1 amide bonds. The summed E-state index contributed by atoms with van der Waals surface area (Å²) in [6, 6.07) is 5.76. The predicted molar refractivity (Wildman–Crippen MR) is 126 cm³/mol. The van der Waals surface area contributed by atoms with Gasteiger partial charge in [0.1, 0.15) is 0 Å². The first-order valence-electron chi connectivity index (χ1n) is 11.9. The first-order chi connectivity index (χ1) is 16.5. The van der Waals surface area contributed by atoms with Gasteiger partial charge >= 0.3 is 0 Å². The lowest BCUT2D eigenvalue weighted by atomic mass is 9.84. The van der Waals surface area contributed by atoms with Crippen molar-refractivity contribution in [1.29, 1.82) is 0 Å². The average Bonchev–Trinajstić information content (AvgIpc) is 3.48. The quantitative estimate of drug-likeness (QED) is 0.514. The van der Waals surface area contributed by atoms with Crippen LogP contribution >= 0.6 is 11.3 Å². The summed E-state index contributed by atoms with van der Waals surface area (Å²) in [6.45, 7) is 2.14. The number of carbonyl (C=O) groups is 1. The van der Waals surface area contributed by atoms with E-state index < -0.39 is 13.0 Å². The van der Waals surface area contributed by atoms with E-state index in [0.29, 0.717) is 16.7 Å². The molecule has 1 aliphatic carbocycles. The highest BCUT2D eigenvalue weighted by Gasteiger charge is 2.26. The Balaban J connectivity index is 1.05. The molecule has 0 atom stereocenters. The zero-order valence-corrected chi connectivity index (χ0v) is 19.8. The zero-order valence-electron chi connectivity index (χ0n) is 19.0. The van der Waals surface area contributed by atoms with Crippen molar-refractivity contribution in [2.45, 2.75) is 57.5 Å². The summed E-state index contributed by atoms with van der Waals surface area (Å²) in [5, 5.41) is 7.78. The molecule has 182 valence electrons. The summed E-state index contributed by atoms with van der Waals surface area (Å²) in [5.74, 6) is 0.631. The third-order valence-electron chi connectivity index (χ3n) is 6.84. The largest absolute Gasteiger partial charge is 0.464 e. The highest BCUT2D eigenvalue weighted by molar-refractivity contribution is 7.13. The van der Waals surface area contributed by atoms with Crippen molar-refractivity contribution in [1.82, 2.24) is 24.8 Å². The van der Waals surface area contributed by atoms with Gasteiger partial charge in [-0.1, -0.05) is 11.3 Å². The van der Waals surface area contributed by atoms with E-state index >= 15 is 0 Å². The van der Waals surface area contributed by atoms with Crippen LogP contribution in [0.25, 0.3) is 5.52 Å². The van der Waals surface area contributed by atoms with Crippen LogP contribution in [0.4, 0.5) is 8.78 Å². The van der Waals surface area contributed by atoms with Crippen LogP contribution in [0.5, 0.6) is 5.19 Å². The number of fused-ring (bicyclic) bond motifs is 2. The maximum absolute atomic E-state index is 12.8. The summed E-state index contributed by atoms with van der Waals surface area (Å²) >= 11 is 1.40. The van der Waals surface area contributed by atoms with Gasteiger partial charge in [0.25, 0.3) is 17.5 Å². The van der Waals surface area contributed by atoms with E-state index in [1.807, 2.05) is 24.4 Å². The van der Waals surface area contributed by atoms with Gasteiger partial charge in [-0.3, -0.25) is 9.69 Å². The molecule has 3 aromatic heterocycles. The van der Waals surface area contributed by atoms with Crippen molar-refractivity contribution in [3.05, 3.63) is 46.7 Å². The Hall–Kier alpha value is -2.59. The van der Waals surface area contributed by atoms with E-state index in [9.17, 15) is 13.6 Å². The van der Waals surface area contributed by atoms with Crippen LogP contribution in [-0.4, -0.2) is 57.6 Å². The highest BCUT2D eigenvalue weighted by atomic mass is 32.1. The monoisotopic (exact) mass is 489 g/mol. The maximum Gasteiger partial charge on any atom is 0.273 e. The second-order valence-corrected chi connectivity index (χ2v) is 10.2. The zero-order chi connectivity index (χ0) is 23.5. The van der Waals surface area contributed by atoms with E-state index in [0.717, 1.165) is 74.2 Å². The van der Waals surface area contributed by atoms with E-state index in [-0.39, 0.29) is 11.9 Å². The molecule has 0 unspecified atom stereocenters. The van der Waals surface area contributed by atoms with Crippen molar-refractivity contribution >= 4 is 22.8 Å². The fourth-order valence-corrected chi connectivity index (χ4v) is 5.90. The van der Waals surface area contributed by atoms with Crippen molar-refractivity contribution in [3.8, 4) is 5.19 Å². The molecule has 3 aromatic rings. The number of carbonyl (C=O) groups excluding carboxylic acids is 1. The highest BCUT2D eigenvalue weighted by Crippen LogP contribution is 2.31. The number of alkyl halides is 2. The fourth-order valence-electron chi connectivity index (χ4n) is 4.98. The molecule has 1 N–H and O–H groups in total. The molecule has 7 nitrogen and oxygen atoms in total. The topological polar surface area (TPSA) is 71.8 Å². The number of hydrogen-bond acceptors (Lipinski definition) is 6. The van der Waals surface area contributed by atoms with Gasteiger partial charge in [0.15, 0.2) is 6.61 Å². The first kappa shape index (κ1) is 23.2. The lowest BCUT2D eigenvalue weighted by molar-refractivity contribution is 0.0815. The molecule has 0 bridgehead atoms. The number of thiazole rings is 1.